The largest absolute Gasteiger partial charge is 0.355 e. The number of anilines is 3. The van der Waals surface area contributed by atoms with Crippen molar-refractivity contribution in [1.82, 2.24) is 20.2 Å². The van der Waals surface area contributed by atoms with Crippen molar-refractivity contribution >= 4 is 28.5 Å². The summed E-state index contributed by atoms with van der Waals surface area (Å²) in [6.45, 7) is 5.57. The van der Waals surface area contributed by atoms with Gasteiger partial charge in [-0.2, -0.15) is 10.4 Å². The molecule has 8 nitrogen and oxygen atoms in total. The Balaban J connectivity index is 1.45. The molecule has 1 aromatic carbocycles. The lowest BCUT2D eigenvalue weighted by Gasteiger charge is -2.39. The predicted molar refractivity (Wildman–Crippen MR) is 117 cm³/mol. The third kappa shape index (κ3) is 3.06. The maximum absolute atomic E-state index is 9.50. The minimum absolute atomic E-state index is 0.0846. The molecular formula is C22H26N8. The molecule has 8 heteroatoms. The van der Waals surface area contributed by atoms with E-state index in [9.17, 15) is 5.26 Å². The maximum Gasteiger partial charge on any atom is 0.183 e. The van der Waals surface area contributed by atoms with Crippen LogP contribution in [0.4, 0.5) is 17.3 Å². The van der Waals surface area contributed by atoms with E-state index in [1.165, 1.54) is 0 Å². The number of aromatic nitrogens is 4. The summed E-state index contributed by atoms with van der Waals surface area (Å²) in [6, 6.07) is 10.5. The summed E-state index contributed by atoms with van der Waals surface area (Å²) in [5.41, 5.74) is 9.67. The molecule has 0 saturated carbocycles. The number of nitrogens with zero attached hydrogens (tertiary/aromatic N) is 6. The molecule has 1 saturated heterocycles. The van der Waals surface area contributed by atoms with Gasteiger partial charge in [-0.25, -0.2) is 9.97 Å². The van der Waals surface area contributed by atoms with Gasteiger partial charge in [-0.15, -0.1) is 0 Å². The van der Waals surface area contributed by atoms with Crippen molar-refractivity contribution in [3.05, 3.63) is 36.0 Å². The third-order valence-corrected chi connectivity index (χ3v) is 6.68. The van der Waals surface area contributed by atoms with Crippen LogP contribution in [0.3, 0.4) is 0 Å². The number of hydrogen-bond acceptors (Lipinski definition) is 7. The summed E-state index contributed by atoms with van der Waals surface area (Å²) >= 11 is 0. The van der Waals surface area contributed by atoms with Gasteiger partial charge in [-0.05, 0) is 42.9 Å². The van der Waals surface area contributed by atoms with Gasteiger partial charge < -0.3 is 15.5 Å². The molecule has 154 valence electrons. The highest BCUT2D eigenvalue weighted by Crippen LogP contribution is 2.40. The van der Waals surface area contributed by atoms with E-state index >= 15 is 0 Å². The van der Waals surface area contributed by atoms with E-state index in [0.29, 0.717) is 5.65 Å². The molecule has 0 radical (unpaired) electrons. The Morgan fingerprint density at radius 1 is 1.27 bits per heavy atom. The van der Waals surface area contributed by atoms with Crippen molar-refractivity contribution < 1.29 is 0 Å². The smallest absolute Gasteiger partial charge is 0.183 e. The number of nitriles is 1. The first kappa shape index (κ1) is 18.8. The van der Waals surface area contributed by atoms with E-state index in [1.807, 2.05) is 30.5 Å². The van der Waals surface area contributed by atoms with Crippen LogP contribution in [0.2, 0.25) is 0 Å². The SMILES string of the molecule is CC1(CN)CCN(c2cnc3c(N4CCC(C#N)c5ccccc54)n[nH]c3n2)CC1. The van der Waals surface area contributed by atoms with E-state index in [1.54, 1.807) is 0 Å². The van der Waals surface area contributed by atoms with E-state index in [2.05, 4.69) is 33.0 Å². The van der Waals surface area contributed by atoms with Crippen molar-refractivity contribution in [1.29, 1.82) is 5.26 Å². The first-order chi connectivity index (χ1) is 14.6. The second-order valence-corrected chi connectivity index (χ2v) is 8.66. The van der Waals surface area contributed by atoms with Crippen LogP contribution in [0.25, 0.3) is 11.2 Å². The topological polar surface area (TPSA) is 111 Å². The quantitative estimate of drug-likeness (QED) is 0.692. The van der Waals surface area contributed by atoms with E-state index in [4.69, 9.17) is 15.7 Å². The molecule has 1 unspecified atom stereocenters. The summed E-state index contributed by atoms with van der Waals surface area (Å²) in [5.74, 6) is 1.56. The van der Waals surface area contributed by atoms with Crippen LogP contribution < -0.4 is 15.5 Å². The molecular weight excluding hydrogens is 376 g/mol. The lowest BCUT2D eigenvalue weighted by molar-refractivity contribution is 0.258. The lowest BCUT2D eigenvalue weighted by atomic mass is 9.80. The van der Waals surface area contributed by atoms with Crippen LogP contribution in [0.15, 0.2) is 30.5 Å². The standard InChI is InChI=1S/C22H26N8/c1-22(14-24)7-10-29(11-8-22)18-13-25-19-20(26-18)27-28-21(19)30-9-6-15(12-23)16-4-2-3-5-17(16)30/h2-5,13,15H,6-11,14,24H2,1H3,(H,26,27,28). The second kappa shape index (κ2) is 7.26. The molecule has 30 heavy (non-hydrogen) atoms. The lowest BCUT2D eigenvalue weighted by Crippen LogP contribution is -2.42. The summed E-state index contributed by atoms with van der Waals surface area (Å²) in [7, 11) is 0. The minimum Gasteiger partial charge on any atom is -0.355 e. The number of H-pyrrole nitrogens is 1. The maximum atomic E-state index is 9.50. The molecule has 3 N–H and O–H groups in total. The molecule has 1 atom stereocenters. The highest BCUT2D eigenvalue weighted by molar-refractivity contribution is 5.88. The fourth-order valence-electron chi connectivity index (χ4n) is 4.52. The highest BCUT2D eigenvalue weighted by atomic mass is 15.3. The van der Waals surface area contributed by atoms with E-state index in [0.717, 1.165) is 73.8 Å². The monoisotopic (exact) mass is 402 g/mol. The minimum atomic E-state index is -0.0846. The summed E-state index contributed by atoms with van der Waals surface area (Å²) < 4.78 is 0. The molecule has 0 amide bonds. The van der Waals surface area contributed by atoms with Gasteiger partial charge in [0.1, 0.15) is 5.82 Å². The number of para-hydroxylation sites is 1. The number of aromatic amines is 1. The first-order valence-electron chi connectivity index (χ1n) is 10.5. The van der Waals surface area contributed by atoms with Gasteiger partial charge in [0, 0.05) is 25.3 Å². The molecule has 2 aromatic heterocycles. The fourth-order valence-corrected chi connectivity index (χ4v) is 4.52. The molecule has 2 aliphatic heterocycles. The molecule has 4 heterocycles. The normalized spacial score (nSPS) is 20.8. The Kier molecular flexibility index (Phi) is 4.55. The zero-order chi connectivity index (χ0) is 20.7. The van der Waals surface area contributed by atoms with Gasteiger partial charge in [0.15, 0.2) is 17.0 Å². The average Bonchev–Trinajstić information content (AvgIpc) is 3.22. The molecule has 5 rings (SSSR count). The molecule has 0 spiro atoms. The van der Waals surface area contributed by atoms with Gasteiger partial charge in [-0.1, -0.05) is 25.1 Å². The number of nitrogens with two attached hydrogens (primary N) is 1. The van der Waals surface area contributed by atoms with Gasteiger partial charge in [0.05, 0.1) is 18.2 Å². The van der Waals surface area contributed by atoms with Crippen molar-refractivity contribution in [2.75, 3.05) is 36.0 Å². The van der Waals surface area contributed by atoms with Crippen LogP contribution in [-0.2, 0) is 0 Å². The van der Waals surface area contributed by atoms with Crippen LogP contribution in [-0.4, -0.2) is 46.3 Å². The Morgan fingerprint density at radius 2 is 2.07 bits per heavy atom. The Labute approximate surface area is 175 Å². The Morgan fingerprint density at radius 3 is 2.83 bits per heavy atom. The molecule has 0 bridgehead atoms. The number of hydrogen-bond donors (Lipinski definition) is 2. The number of nitrogens with one attached hydrogen (secondary N) is 1. The zero-order valence-corrected chi connectivity index (χ0v) is 17.2. The predicted octanol–water partition coefficient (Wildman–Crippen LogP) is 3.07. The third-order valence-electron chi connectivity index (χ3n) is 6.68. The number of benzene rings is 1. The average molecular weight is 403 g/mol. The van der Waals surface area contributed by atoms with Crippen LogP contribution in [0, 0.1) is 16.7 Å². The first-order valence-corrected chi connectivity index (χ1v) is 10.5. The second-order valence-electron chi connectivity index (χ2n) is 8.66. The number of piperidine rings is 1. The molecule has 1 fully saturated rings. The van der Waals surface area contributed by atoms with Gasteiger partial charge in [0.2, 0.25) is 0 Å². The van der Waals surface area contributed by atoms with Crippen molar-refractivity contribution in [2.24, 2.45) is 11.1 Å². The van der Waals surface area contributed by atoms with E-state index in [-0.39, 0.29) is 11.3 Å². The summed E-state index contributed by atoms with van der Waals surface area (Å²) in [6.07, 6.45) is 4.73. The summed E-state index contributed by atoms with van der Waals surface area (Å²) in [5, 5.41) is 17.1. The Hall–Kier alpha value is -3.18. The van der Waals surface area contributed by atoms with Gasteiger partial charge in [0.25, 0.3) is 0 Å². The number of rotatable bonds is 3. The highest BCUT2D eigenvalue weighted by Gasteiger charge is 2.31. The Bertz CT molecular complexity index is 1110. The van der Waals surface area contributed by atoms with E-state index < -0.39 is 0 Å². The van der Waals surface area contributed by atoms with Crippen LogP contribution in [0.1, 0.15) is 37.7 Å². The molecule has 2 aliphatic rings. The van der Waals surface area contributed by atoms with Crippen molar-refractivity contribution in [3.8, 4) is 6.07 Å². The van der Waals surface area contributed by atoms with Crippen molar-refractivity contribution in [2.45, 2.75) is 32.1 Å². The van der Waals surface area contributed by atoms with Gasteiger partial charge in [-0.3, -0.25) is 5.10 Å². The van der Waals surface area contributed by atoms with Crippen LogP contribution in [0.5, 0.6) is 0 Å². The number of fused-ring (bicyclic) bond motifs is 2. The fraction of sp³-hybridized carbons (Fsp3) is 0.455. The van der Waals surface area contributed by atoms with Gasteiger partial charge >= 0.3 is 0 Å². The zero-order valence-electron chi connectivity index (χ0n) is 17.2. The van der Waals surface area contributed by atoms with Crippen LogP contribution >= 0.6 is 0 Å². The molecule has 3 aromatic rings. The van der Waals surface area contributed by atoms with Crippen molar-refractivity contribution in [3.63, 3.8) is 0 Å². The summed E-state index contributed by atoms with van der Waals surface area (Å²) in [4.78, 5) is 14.0. The molecule has 0 aliphatic carbocycles.